The predicted molar refractivity (Wildman–Crippen MR) is 119 cm³/mol. The molecule has 3 heterocycles. The Morgan fingerprint density at radius 1 is 1.38 bits per heavy atom. The molecule has 3 atom stereocenters. The van der Waals surface area contributed by atoms with Crippen LogP contribution in [0.2, 0.25) is 0 Å². The maximum Gasteiger partial charge on any atom is 0.273 e. The normalized spacial score (nSPS) is 19.7. The van der Waals surface area contributed by atoms with Crippen LogP contribution in [0.15, 0.2) is 36.9 Å². The van der Waals surface area contributed by atoms with Crippen LogP contribution in [-0.4, -0.2) is 80.6 Å². The lowest BCUT2D eigenvalue weighted by atomic mass is 9.99. The first-order chi connectivity index (χ1) is 15.3. The zero-order chi connectivity index (χ0) is 23.3. The van der Waals surface area contributed by atoms with E-state index in [1.807, 2.05) is 26.0 Å². The smallest absolute Gasteiger partial charge is 0.273 e. The second-order valence-corrected chi connectivity index (χ2v) is 8.02. The second-order valence-electron chi connectivity index (χ2n) is 8.02. The SMILES string of the molecule is CC=Cc1cnc2c(c1)C(=O)N([C@H](C)CO)C[C@H](C)[C@@H](CN(C)C(=O)c1cnccn1)O2. The van der Waals surface area contributed by atoms with Gasteiger partial charge >= 0.3 is 0 Å². The van der Waals surface area contributed by atoms with Crippen molar-refractivity contribution in [3.63, 3.8) is 0 Å². The van der Waals surface area contributed by atoms with Gasteiger partial charge in [-0.1, -0.05) is 19.1 Å². The van der Waals surface area contributed by atoms with Crippen molar-refractivity contribution < 1.29 is 19.4 Å². The minimum Gasteiger partial charge on any atom is -0.472 e. The standard InChI is InChI=1S/C23H29N5O4/c1-5-6-17-9-18-21(26-10-17)32-20(15(2)12-28(22(18)30)16(3)14-29)13-27(4)23(31)19-11-24-7-8-25-19/h5-11,15-16,20,29H,12-14H2,1-4H3/t15-,16+,20+/m0/s1. The maximum atomic E-state index is 13.3. The minimum atomic E-state index is -0.430. The van der Waals surface area contributed by atoms with Crippen LogP contribution < -0.4 is 4.74 Å². The zero-order valence-electron chi connectivity index (χ0n) is 18.8. The van der Waals surface area contributed by atoms with E-state index in [-0.39, 0.29) is 48.5 Å². The first-order valence-corrected chi connectivity index (χ1v) is 10.6. The Bertz CT molecular complexity index is 982. The molecule has 1 aliphatic rings. The van der Waals surface area contributed by atoms with E-state index in [9.17, 15) is 14.7 Å². The predicted octanol–water partition coefficient (Wildman–Crippen LogP) is 1.90. The molecule has 170 valence electrons. The molecule has 0 unspecified atom stereocenters. The molecule has 3 rings (SSSR count). The monoisotopic (exact) mass is 439 g/mol. The van der Waals surface area contributed by atoms with Gasteiger partial charge in [-0.05, 0) is 25.5 Å². The van der Waals surface area contributed by atoms with Gasteiger partial charge in [-0.3, -0.25) is 14.6 Å². The summed E-state index contributed by atoms with van der Waals surface area (Å²) in [6, 6.07) is 1.37. The molecule has 32 heavy (non-hydrogen) atoms. The molecule has 0 bridgehead atoms. The molecule has 1 N–H and O–H groups in total. The van der Waals surface area contributed by atoms with E-state index < -0.39 is 6.10 Å². The van der Waals surface area contributed by atoms with E-state index in [4.69, 9.17) is 4.74 Å². The van der Waals surface area contributed by atoms with Crippen molar-refractivity contribution in [2.45, 2.75) is 32.9 Å². The molecule has 9 heteroatoms. The molecule has 0 aromatic carbocycles. The summed E-state index contributed by atoms with van der Waals surface area (Å²) < 4.78 is 6.20. The first-order valence-electron chi connectivity index (χ1n) is 10.6. The van der Waals surface area contributed by atoms with Crippen LogP contribution in [0.5, 0.6) is 5.88 Å². The van der Waals surface area contributed by atoms with E-state index in [0.29, 0.717) is 12.1 Å². The van der Waals surface area contributed by atoms with Gasteiger partial charge in [0.25, 0.3) is 11.8 Å². The van der Waals surface area contributed by atoms with Gasteiger partial charge in [0.15, 0.2) is 0 Å². The topological polar surface area (TPSA) is 109 Å². The molecule has 0 saturated carbocycles. The number of hydrogen-bond donors (Lipinski definition) is 1. The van der Waals surface area contributed by atoms with Crippen molar-refractivity contribution in [1.82, 2.24) is 24.8 Å². The summed E-state index contributed by atoms with van der Waals surface area (Å²) in [7, 11) is 1.68. The molecular weight excluding hydrogens is 410 g/mol. The largest absolute Gasteiger partial charge is 0.472 e. The van der Waals surface area contributed by atoms with E-state index in [2.05, 4.69) is 15.0 Å². The van der Waals surface area contributed by atoms with Crippen molar-refractivity contribution in [2.75, 3.05) is 26.7 Å². The third kappa shape index (κ3) is 5.11. The highest BCUT2D eigenvalue weighted by atomic mass is 16.5. The third-order valence-electron chi connectivity index (χ3n) is 5.48. The van der Waals surface area contributed by atoms with Crippen molar-refractivity contribution >= 4 is 17.9 Å². The van der Waals surface area contributed by atoms with Gasteiger partial charge in [-0.15, -0.1) is 0 Å². The number of likely N-dealkylation sites (N-methyl/N-ethyl adjacent to an activating group) is 1. The van der Waals surface area contributed by atoms with Gasteiger partial charge in [0.2, 0.25) is 5.88 Å². The molecule has 0 spiro atoms. The third-order valence-corrected chi connectivity index (χ3v) is 5.48. The van der Waals surface area contributed by atoms with Gasteiger partial charge in [-0.2, -0.15) is 0 Å². The Morgan fingerprint density at radius 3 is 2.81 bits per heavy atom. The quantitative estimate of drug-likeness (QED) is 0.732. The number of nitrogens with zero attached hydrogens (tertiary/aromatic N) is 5. The highest BCUT2D eigenvalue weighted by Gasteiger charge is 2.34. The Kier molecular flexibility index (Phi) is 7.53. The number of fused-ring (bicyclic) bond motifs is 1. The number of pyridine rings is 1. The molecule has 0 radical (unpaired) electrons. The van der Waals surface area contributed by atoms with Crippen LogP contribution in [-0.2, 0) is 0 Å². The second kappa shape index (κ2) is 10.3. The van der Waals surface area contributed by atoms with Gasteiger partial charge in [0.1, 0.15) is 17.4 Å². The van der Waals surface area contributed by atoms with Crippen LogP contribution in [0.3, 0.4) is 0 Å². The molecule has 0 saturated heterocycles. The van der Waals surface area contributed by atoms with Crippen molar-refractivity contribution in [3.8, 4) is 5.88 Å². The fourth-order valence-corrected chi connectivity index (χ4v) is 3.58. The molecule has 2 aromatic heterocycles. The fourth-order valence-electron chi connectivity index (χ4n) is 3.58. The number of amides is 2. The molecule has 0 fully saturated rings. The molecule has 2 aromatic rings. The van der Waals surface area contributed by atoms with E-state index in [1.54, 1.807) is 31.1 Å². The Morgan fingerprint density at radius 2 is 2.16 bits per heavy atom. The van der Waals surface area contributed by atoms with E-state index >= 15 is 0 Å². The number of aliphatic hydroxyl groups is 1. The summed E-state index contributed by atoms with van der Waals surface area (Å²) in [6.45, 7) is 6.11. The number of carbonyl (C=O) groups excluding carboxylic acids is 2. The van der Waals surface area contributed by atoms with Gasteiger partial charge in [0.05, 0.1) is 25.4 Å². The van der Waals surface area contributed by atoms with Crippen molar-refractivity contribution in [2.24, 2.45) is 5.92 Å². The number of allylic oxidation sites excluding steroid dienone is 1. The van der Waals surface area contributed by atoms with Crippen LogP contribution >= 0.6 is 0 Å². The summed E-state index contributed by atoms with van der Waals surface area (Å²) >= 11 is 0. The summed E-state index contributed by atoms with van der Waals surface area (Å²) in [5, 5.41) is 9.73. The van der Waals surface area contributed by atoms with Gasteiger partial charge in [0, 0.05) is 38.1 Å². The molecule has 9 nitrogen and oxygen atoms in total. The Balaban J connectivity index is 1.93. The number of rotatable bonds is 6. The number of ether oxygens (including phenoxy) is 1. The number of aliphatic hydroxyl groups excluding tert-OH is 1. The first kappa shape index (κ1) is 23.3. The van der Waals surface area contributed by atoms with Gasteiger partial charge in [-0.25, -0.2) is 9.97 Å². The molecule has 0 aliphatic carbocycles. The number of aromatic nitrogens is 3. The lowest BCUT2D eigenvalue weighted by molar-refractivity contribution is 0.0312. The fraction of sp³-hybridized carbons (Fsp3) is 0.435. The summed E-state index contributed by atoms with van der Waals surface area (Å²) in [6.07, 6.45) is 9.33. The van der Waals surface area contributed by atoms with Crippen LogP contribution in [0, 0.1) is 5.92 Å². The van der Waals surface area contributed by atoms with Gasteiger partial charge < -0.3 is 19.6 Å². The van der Waals surface area contributed by atoms with Crippen molar-refractivity contribution in [3.05, 3.63) is 53.8 Å². The molecule has 1 aliphatic heterocycles. The molecule has 2 amide bonds. The number of hydrogen-bond acceptors (Lipinski definition) is 7. The summed E-state index contributed by atoms with van der Waals surface area (Å²) in [5.74, 6) is -0.426. The highest BCUT2D eigenvalue weighted by molar-refractivity contribution is 5.97. The number of carbonyl (C=O) groups is 2. The maximum absolute atomic E-state index is 13.3. The summed E-state index contributed by atoms with van der Waals surface area (Å²) in [5.41, 5.74) is 1.36. The van der Waals surface area contributed by atoms with Crippen LogP contribution in [0.25, 0.3) is 6.08 Å². The minimum absolute atomic E-state index is 0.129. The highest BCUT2D eigenvalue weighted by Crippen LogP contribution is 2.27. The van der Waals surface area contributed by atoms with Crippen LogP contribution in [0.4, 0.5) is 0 Å². The average Bonchev–Trinajstić information content (AvgIpc) is 2.81. The zero-order valence-corrected chi connectivity index (χ0v) is 18.8. The Hall–Kier alpha value is -3.33. The van der Waals surface area contributed by atoms with Crippen LogP contribution in [0.1, 0.15) is 47.2 Å². The molecular formula is C23H29N5O4. The van der Waals surface area contributed by atoms with E-state index in [0.717, 1.165) is 5.56 Å². The lowest BCUT2D eigenvalue weighted by Crippen LogP contribution is -2.50. The Labute approximate surface area is 187 Å². The average molecular weight is 440 g/mol. The lowest BCUT2D eigenvalue weighted by Gasteiger charge is -2.37. The summed E-state index contributed by atoms with van der Waals surface area (Å²) in [4.78, 5) is 41.7. The van der Waals surface area contributed by atoms with E-state index in [1.165, 1.54) is 23.5 Å². The van der Waals surface area contributed by atoms with Crippen molar-refractivity contribution in [1.29, 1.82) is 0 Å².